The van der Waals surface area contributed by atoms with E-state index in [-0.39, 0.29) is 11.5 Å². The Labute approximate surface area is 95.2 Å². The number of aromatic amines is 1. The molecular formula is C10H9N3O2S. The van der Waals surface area contributed by atoms with Gasteiger partial charge in [0, 0.05) is 23.3 Å². The van der Waals surface area contributed by atoms with Gasteiger partial charge in [-0.05, 0) is 13.0 Å². The van der Waals surface area contributed by atoms with Gasteiger partial charge in [0.1, 0.15) is 0 Å². The Morgan fingerprint density at radius 3 is 2.88 bits per heavy atom. The fourth-order valence-corrected chi connectivity index (χ4v) is 1.79. The fourth-order valence-electron chi connectivity index (χ4n) is 1.13. The Hall–Kier alpha value is -1.95. The van der Waals surface area contributed by atoms with Crippen LogP contribution in [0.5, 0.6) is 0 Å². The van der Waals surface area contributed by atoms with Crippen LogP contribution in [0, 0.1) is 6.92 Å². The average Bonchev–Trinajstić information content (AvgIpc) is 2.65. The molecule has 6 heteroatoms. The smallest absolute Gasteiger partial charge is 0.258 e. The molecule has 0 spiro atoms. The Balaban J connectivity index is 2.14. The zero-order valence-corrected chi connectivity index (χ0v) is 9.30. The maximum absolute atomic E-state index is 11.7. The number of aryl methyl sites for hydroxylation is 1. The number of H-pyrrole nitrogens is 1. The van der Waals surface area contributed by atoms with Crippen LogP contribution in [0.1, 0.15) is 15.2 Å². The summed E-state index contributed by atoms with van der Waals surface area (Å²) in [4.78, 5) is 30.0. The van der Waals surface area contributed by atoms with E-state index in [1.807, 2.05) is 6.92 Å². The molecule has 2 heterocycles. The molecule has 2 aromatic heterocycles. The molecule has 0 aromatic carbocycles. The third-order valence-corrected chi connectivity index (χ3v) is 2.72. The molecule has 2 aromatic rings. The number of anilines is 1. The Morgan fingerprint density at radius 1 is 1.50 bits per heavy atom. The van der Waals surface area contributed by atoms with Gasteiger partial charge in [0.2, 0.25) is 5.56 Å². The summed E-state index contributed by atoms with van der Waals surface area (Å²) in [5, 5.41) is 3.19. The summed E-state index contributed by atoms with van der Waals surface area (Å²) in [6.07, 6.45) is 3.06. The number of pyridine rings is 1. The SMILES string of the molecule is Cc1cnc(NC(=O)c2ccc(=O)[nH]c2)s1. The second-order valence-electron chi connectivity index (χ2n) is 3.17. The highest BCUT2D eigenvalue weighted by Crippen LogP contribution is 2.16. The van der Waals surface area contributed by atoms with Gasteiger partial charge in [0.05, 0.1) is 5.56 Å². The minimum Gasteiger partial charge on any atom is -0.328 e. The Morgan fingerprint density at radius 2 is 2.31 bits per heavy atom. The van der Waals surface area contributed by atoms with Gasteiger partial charge in [0.15, 0.2) is 5.13 Å². The first-order valence-corrected chi connectivity index (χ1v) is 5.39. The lowest BCUT2D eigenvalue weighted by Gasteiger charge is -1.99. The molecule has 5 nitrogen and oxygen atoms in total. The summed E-state index contributed by atoms with van der Waals surface area (Å²) in [5.41, 5.74) is 0.161. The molecule has 2 N–H and O–H groups in total. The number of hydrogen-bond donors (Lipinski definition) is 2. The Bertz CT molecular complexity index is 553. The number of hydrogen-bond acceptors (Lipinski definition) is 4. The van der Waals surface area contributed by atoms with E-state index in [1.165, 1.54) is 29.7 Å². The van der Waals surface area contributed by atoms with Crippen molar-refractivity contribution >= 4 is 22.4 Å². The van der Waals surface area contributed by atoms with E-state index in [4.69, 9.17) is 0 Å². The predicted molar refractivity (Wildman–Crippen MR) is 61.9 cm³/mol. The van der Waals surface area contributed by atoms with Gasteiger partial charge >= 0.3 is 0 Å². The molecule has 0 aliphatic heterocycles. The van der Waals surface area contributed by atoms with Gasteiger partial charge in [0.25, 0.3) is 5.91 Å². The summed E-state index contributed by atoms with van der Waals surface area (Å²) in [6.45, 7) is 1.91. The van der Waals surface area contributed by atoms with Crippen molar-refractivity contribution in [2.45, 2.75) is 6.92 Å². The summed E-state index contributed by atoms with van der Waals surface area (Å²) in [5.74, 6) is -0.286. The number of aromatic nitrogens is 2. The van der Waals surface area contributed by atoms with E-state index >= 15 is 0 Å². The molecule has 1 amide bonds. The van der Waals surface area contributed by atoms with E-state index in [0.29, 0.717) is 10.7 Å². The van der Waals surface area contributed by atoms with Crippen molar-refractivity contribution in [3.8, 4) is 0 Å². The minimum atomic E-state index is -0.286. The predicted octanol–water partition coefficient (Wildman–Crippen LogP) is 1.39. The molecule has 0 aliphatic rings. The van der Waals surface area contributed by atoms with Gasteiger partial charge in [-0.25, -0.2) is 4.98 Å². The van der Waals surface area contributed by atoms with Crippen LogP contribution < -0.4 is 10.9 Å². The average molecular weight is 235 g/mol. The van der Waals surface area contributed by atoms with E-state index in [9.17, 15) is 9.59 Å². The lowest BCUT2D eigenvalue weighted by atomic mass is 10.3. The highest BCUT2D eigenvalue weighted by molar-refractivity contribution is 7.15. The normalized spacial score (nSPS) is 10.1. The van der Waals surface area contributed by atoms with Crippen molar-refractivity contribution in [3.05, 3.63) is 45.3 Å². The number of carbonyl (C=O) groups excluding carboxylic acids is 1. The quantitative estimate of drug-likeness (QED) is 0.826. The summed E-state index contributed by atoms with van der Waals surface area (Å²) < 4.78 is 0. The lowest BCUT2D eigenvalue weighted by molar-refractivity contribution is 0.102. The summed E-state index contributed by atoms with van der Waals surface area (Å²) in [6, 6.07) is 2.77. The molecule has 0 unspecified atom stereocenters. The first-order chi connectivity index (χ1) is 7.65. The van der Waals surface area contributed by atoms with Crippen molar-refractivity contribution in [2.24, 2.45) is 0 Å². The van der Waals surface area contributed by atoms with Crippen molar-refractivity contribution in [2.75, 3.05) is 5.32 Å². The van der Waals surface area contributed by atoms with Gasteiger partial charge in [-0.1, -0.05) is 0 Å². The minimum absolute atomic E-state index is 0.235. The van der Waals surface area contributed by atoms with Gasteiger partial charge in [-0.2, -0.15) is 0 Å². The third kappa shape index (κ3) is 2.34. The second-order valence-corrected chi connectivity index (χ2v) is 4.41. The molecule has 0 bridgehead atoms. The van der Waals surface area contributed by atoms with Gasteiger partial charge < -0.3 is 4.98 Å². The zero-order valence-electron chi connectivity index (χ0n) is 8.48. The van der Waals surface area contributed by atoms with Crippen LogP contribution in [0.2, 0.25) is 0 Å². The largest absolute Gasteiger partial charge is 0.328 e. The molecule has 16 heavy (non-hydrogen) atoms. The number of amides is 1. The van der Waals surface area contributed by atoms with Crippen LogP contribution in [-0.4, -0.2) is 15.9 Å². The molecule has 82 valence electrons. The first-order valence-electron chi connectivity index (χ1n) is 4.58. The topological polar surface area (TPSA) is 74.8 Å². The summed E-state index contributed by atoms with van der Waals surface area (Å²) in [7, 11) is 0. The van der Waals surface area contributed by atoms with Gasteiger partial charge in [-0.3, -0.25) is 14.9 Å². The highest BCUT2D eigenvalue weighted by atomic mass is 32.1. The fraction of sp³-hybridized carbons (Fsp3) is 0.100. The molecule has 0 atom stereocenters. The van der Waals surface area contributed by atoms with Gasteiger partial charge in [-0.15, -0.1) is 11.3 Å². The molecular weight excluding hydrogens is 226 g/mol. The van der Waals surface area contributed by atoms with Crippen LogP contribution in [0.4, 0.5) is 5.13 Å². The van der Waals surface area contributed by atoms with Crippen molar-refractivity contribution < 1.29 is 4.79 Å². The van der Waals surface area contributed by atoms with Crippen LogP contribution in [-0.2, 0) is 0 Å². The standard InChI is InChI=1S/C10H9N3O2S/c1-6-4-12-10(16-6)13-9(15)7-2-3-8(14)11-5-7/h2-5H,1H3,(H,11,14)(H,12,13,15). The zero-order chi connectivity index (χ0) is 11.5. The van der Waals surface area contributed by atoms with E-state index in [0.717, 1.165) is 4.88 Å². The van der Waals surface area contributed by atoms with Crippen molar-refractivity contribution in [1.29, 1.82) is 0 Å². The number of rotatable bonds is 2. The first kappa shape index (κ1) is 10.6. The molecule has 0 saturated carbocycles. The molecule has 0 saturated heterocycles. The molecule has 0 radical (unpaired) electrons. The van der Waals surface area contributed by atoms with Crippen LogP contribution >= 0.6 is 11.3 Å². The van der Waals surface area contributed by atoms with Crippen molar-refractivity contribution in [1.82, 2.24) is 9.97 Å². The van der Waals surface area contributed by atoms with E-state index in [1.54, 1.807) is 6.20 Å². The Kier molecular flexibility index (Phi) is 2.82. The number of thiazole rings is 1. The molecule has 0 fully saturated rings. The molecule has 0 aliphatic carbocycles. The van der Waals surface area contributed by atoms with Crippen LogP contribution in [0.15, 0.2) is 29.3 Å². The third-order valence-electron chi connectivity index (χ3n) is 1.89. The van der Waals surface area contributed by atoms with E-state index < -0.39 is 0 Å². The monoisotopic (exact) mass is 235 g/mol. The maximum atomic E-state index is 11.7. The van der Waals surface area contributed by atoms with Crippen LogP contribution in [0.25, 0.3) is 0 Å². The number of carbonyl (C=O) groups is 1. The van der Waals surface area contributed by atoms with E-state index in [2.05, 4.69) is 15.3 Å². The lowest BCUT2D eigenvalue weighted by Crippen LogP contribution is -2.14. The molecule has 2 rings (SSSR count). The number of nitrogens with one attached hydrogen (secondary N) is 2. The summed E-state index contributed by atoms with van der Waals surface area (Å²) >= 11 is 1.40. The maximum Gasteiger partial charge on any atom is 0.258 e. The number of nitrogens with zero attached hydrogens (tertiary/aromatic N) is 1. The highest BCUT2D eigenvalue weighted by Gasteiger charge is 2.07. The van der Waals surface area contributed by atoms with Crippen LogP contribution in [0.3, 0.4) is 0 Å². The second kappa shape index (κ2) is 4.28. The van der Waals surface area contributed by atoms with Crippen molar-refractivity contribution in [3.63, 3.8) is 0 Å².